The maximum atomic E-state index is 12.1. The smallest absolute Gasteiger partial charge is 0.327 e. The van der Waals surface area contributed by atoms with E-state index in [1.165, 1.54) is 0 Å². The fraction of sp³-hybridized carbons (Fsp3) is 0.333. The molecule has 2 atom stereocenters. The van der Waals surface area contributed by atoms with Crippen LogP contribution in [0.3, 0.4) is 0 Å². The quantitative estimate of drug-likeness (QED) is 0.689. The Morgan fingerprint density at radius 2 is 2.15 bits per heavy atom. The van der Waals surface area contributed by atoms with Crippen LogP contribution in [0.4, 0.5) is 0 Å². The molecule has 1 amide bonds. The Morgan fingerprint density at radius 1 is 1.45 bits per heavy atom. The Bertz CT molecular complexity index is 562. The van der Waals surface area contributed by atoms with Crippen molar-refractivity contribution in [1.82, 2.24) is 10.6 Å². The summed E-state index contributed by atoms with van der Waals surface area (Å²) in [6.07, 6.45) is 5.63. The van der Waals surface area contributed by atoms with E-state index in [2.05, 4.69) is 16.6 Å². The molecule has 1 aliphatic rings. The maximum Gasteiger partial charge on any atom is 0.327 e. The van der Waals surface area contributed by atoms with Crippen LogP contribution in [0, 0.1) is 12.3 Å². The minimum absolute atomic E-state index is 0.0234. The predicted octanol–water partition coefficient (Wildman–Crippen LogP) is 0.294. The number of fused-ring (bicyclic) bond motifs is 1. The monoisotopic (exact) mass is 272 g/mol. The molecule has 0 aliphatic carbocycles. The first-order valence-electron chi connectivity index (χ1n) is 6.38. The van der Waals surface area contributed by atoms with Crippen LogP contribution in [0.1, 0.15) is 17.5 Å². The molecule has 0 aromatic heterocycles. The normalized spacial score (nSPS) is 18.4. The Kier molecular flexibility index (Phi) is 4.38. The molecular formula is C15H16N2O3. The van der Waals surface area contributed by atoms with E-state index in [-0.39, 0.29) is 12.3 Å². The number of carbonyl (C=O) groups is 2. The van der Waals surface area contributed by atoms with Crippen LogP contribution in [-0.2, 0) is 22.6 Å². The molecule has 20 heavy (non-hydrogen) atoms. The Morgan fingerprint density at radius 3 is 2.80 bits per heavy atom. The van der Waals surface area contributed by atoms with Crippen LogP contribution in [0.15, 0.2) is 24.3 Å². The average molecular weight is 272 g/mol. The van der Waals surface area contributed by atoms with E-state index in [0.29, 0.717) is 13.0 Å². The zero-order chi connectivity index (χ0) is 14.5. The van der Waals surface area contributed by atoms with Gasteiger partial charge in [0.15, 0.2) is 0 Å². The molecule has 5 nitrogen and oxygen atoms in total. The van der Waals surface area contributed by atoms with Crippen molar-refractivity contribution in [2.24, 2.45) is 0 Å². The van der Waals surface area contributed by atoms with Gasteiger partial charge in [-0.05, 0) is 17.5 Å². The number of carbonyl (C=O) groups excluding carboxylic acids is 1. The van der Waals surface area contributed by atoms with Crippen molar-refractivity contribution in [1.29, 1.82) is 0 Å². The van der Waals surface area contributed by atoms with E-state index in [4.69, 9.17) is 11.5 Å². The third-order valence-corrected chi connectivity index (χ3v) is 3.33. The number of benzene rings is 1. The molecule has 0 saturated heterocycles. The van der Waals surface area contributed by atoms with Crippen molar-refractivity contribution in [2.45, 2.75) is 31.5 Å². The molecular weight excluding hydrogens is 256 g/mol. The minimum Gasteiger partial charge on any atom is -0.480 e. The second-order valence-electron chi connectivity index (χ2n) is 4.71. The van der Waals surface area contributed by atoms with E-state index >= 15 is 0 Å². The minimum atomic E-state index is -1.12. The maximum absolute atomic E-state index is 12.1. The molecule has 1 heterocycles. The van der Waals surface area contributed by atoms with Gasteiger partial charge in [-0.25, -0.2) is 4.79 Å². The number of carboxylic acids is 1. The van der Waals surface area contributed by atoms with E-state index in [9.17, 15) is 9.59 Å². The third kappa shape index (κ3) is 3.16. The average Bonchev–Trinajstić information content (AvgIpc) is 2.46. The molecule has 1 aliphatic heterocycles. The fourth-order valence-corrected chi connectivity index (χ4v) is 2.23. The van der Waals surface area contributed by atoms with Crippen LogP contribution in [-0.4, -0.2) is 29.1 Å². The summed E-state index contributed by atoms with van der Waals surface area (Å²) in [6, 6.07) is 6.41. The van der Waals surface area contributed by atoms with Gasteiger partial charge in [0, 0.05) is 13.0 Å². The lowest BCUT2D eigenvalue weighted by Crippen LogP contribution is -2.52. The highest BCUT2D eigenvalue weighted by Crippen LogP contribution is 2.16. The van der Waals surface area contributed by atoms with Crippen molar-refractivity contribution >= 4 is 11.9 Å². The molecule has 0 bridgehead atoms. The molecule has 104 valence electrons. The molecule has 3 N–H and O–H groups in total. The summed E-state index contributed by atoms with van der Waals surface area (Å²) in [5.74, 6) is 0.808. The number of amides is 1. The third-order valence-electron chi connectivity index (χ3n) is 3.33. The SMILES string of the molecule is C#CCC(NC(=O)[C@H]1Cc2ccccc2CN1)C(=O)O. The molecule has 1 unspecified atom stereocenters. The standard InChI is InChI=1S/C15H16N2O3/c1-2-5-12(15(19)20)17-14(18)13-8-10-6-3-4-7-11(10)9-16-13/h1,3-4,6-7,12-13,16H,5,8-9H2,(H,17,18)(H,19,20)/t12?,13-/m1/s1. The van der Waals surface area contributed by atoms with Crippen LogP contribution < -0.4 is 10.6 Å². The highest BCUT2D eigenvalue weighted by molar-refractivity contribution is 5.87. The topological polar surface area (TPSA) is 78.4 Å². The molecule has 0 spiro atoms. The first-order chi connectivity index (χ1) is 9.61. The first kappa shape index (κ1) is 14.1. The highest BCUT2D eigenvalue weighted by atomic mass is 16.4. The number of carboxylic acid groups (broad SMARTS) is 1. The molecule has 5 heteroatoms. The molecule has 0 saturated carbocycles. The summed E-state index contributed by atoms with van der Waals surface area (Å²) in [4.78, 5) is 23.1. The van der Waals surface area contributed by atoms with Crippen LogP contribution >= 0.6 is 0 Å². The van der Waals surface area contributed by atoms with Crippen molar-refractivity contribution in [2.75, 3.05) is 0 Å². The zero-order valence-electron chi connectivity index (χ0n) is 10.9. The van der Waals surface area contributed by atoms with Gasteiger partial charge in [-0.2, -0.15) is 0 Å². The number of rotatable bonds is 4. The van der Waals surface area contributed by atoms with E-state index < -0.39 is 18.1 Å². The van der Waals surface area contributed by atoms with Gasteiger partial charge >= 0.3 is 5.97 Å². The van der Waals surface area contributed by atoms with Crippen molar-refractivity contribution in [3.8, 4) is 12.3 Å². The molecule has 1 aromatic carbocycles. The summed E-state index contributed by atoms with van der Waals surface area (Å²) in [5, 5.41) is 14.6. The lowest BCUT2D eigenvalue weighted by Gasteiger charge is -2.26. The summed E-state index contributed by atoms with van der Waals surface area (Å²) in [5.41, 5.74) is 2.27. The van der Waals surface area contributed by atoms with Gasteiger partial charge in [-0.15, -0.1) is 12.3 Å². The number of hydrogen-bond acceptors (Lipinski definition) is 3. The van der Waals surface area contributed by atoms with Gasteiger partial charge in [-0.1, -0.05) is 24.3 Å². The van der Waals surface area contributed by atoms with Crippen molar-refractivity contribution in [3.63, 3.8) is 0 Å². The van der Waals surface area contributed by atoms with E-state index in [1.54, 1.807) is 0 Å². The highest BCUT2D eigenvalue weighted by Gasteiger charge is 2.27. The largest absolute Gasteiger partial charge is 0.480 e. The molecule has 0 fully saturated rings. The number of terminal acetylenes is 1. The Balaban J connectivity index is 2.01. The van der Waals surface area contributed by atoms with Gasteiger partial charge in [0.05, 0.1) is 6.04 Å². The summed E-state index contributed by atoms with van der Waals surface area (Å²) < 4.78 is 0. The van der Waals surface area contributed by atoms with Gasteiger partial charge in [0.2, 0.25) is 5.91 Å². The van der Waals surface area contributed by atoms with E-state index in [1.807, 2.05) is 24.3 Å². The molecule has 0 radical (unpaired) electrons. The zero-order valence-corrected chi connectivity index (χ0v) is 10.9. The second kappa shape index (κ2) is 6.22. The van der Waals surface area contributed by atoms with Gasteiger partial charge in [0.1, 0.15) is 6.04 Å². The predicted molar refractivity (Wildman–Crippen MR) is 73.8 cm³/mol. The number of nitrogens with one attached hydrogen (secondary N) is 2. The van der Waals surface area contributed by atoms with Crippen LogP contribution in [0.25, 0.3) is 0 Å². The number of hydrogen-bond donors (Lipinski definition) is 3. The summed E-state index contributed by atoms with van der Waals surface area (Å²) >= 11 is 0. The second-order valence-corrected chi connectivity index (χ2v) is 4.71. The van der Waals surface area contributed by atoms with Crippen molar-refractivity contribution < 1.29 is 14.7 Å². The van der Waals surface area contributed by atoms with Crippen LogP contribution in [0.5, 0.6) is 0 Å². The molecule has 2 rings (SSSR count). The summed E-state index contributed by atoms with van der Waals surface area (Å²) in [6.45, 7) is 0.598. The van der Waals surface area contributed by atoms with Crippen molar-refractivity contribution in [3.05, 3.63) is 35.4 Å². The lowest BCUT2D eigenvalue weighted by molar-refractivity contribution is -0.142. The lowest BCUT2D eigenvalue weighted by atomic mass is 9.95. The summed E-state index contributed by atoms with van der Waals surface area (Å²) in [7, 11) is 0. The number of aliphatic carboxylic acids is 1. The van der Waals surface area contributed by atoms with E-state index in [0.717, 1.165) is 11.1 Å². The Hall–Kier alpha value is -2.32. The van der Waals surface area contributed by atoms with Gasteiger partial charge in [-0.3, -0.25) is 4.79 Å². The Labute approximate surface area is 117 Å². The first-order valence-corrected chi connectivity index (χ1v) is 6.38. The van der Waals surface area contributed by atoms with Crippen LogP contribution in [0.2, 0.25) is 0 Å². The van der Waals surface area contributed by atoms with Gasteiger partial charge < -0.3 is 15.7 Å². The van der Waals surface area contributed by atoms with Gasteiger partial charge in [0.25, 0.3) is 0 Å². The molecule has 1 aromatic rings. The fourth-order valence-electron chi connectivity index (χ4n) is 2.23.